The Morgan fingerprint density at radius 3 is 2.47 bits per heavy atom. The third-order valence-corrected chi connectivity index (χ3v) is 5.15. The fourth-order valence-corrected chi connectivity index (χ4v) is 3.39. The van der Waals surface area contributed by atoms with Crippen LogP contribution < -0.4 is 15.7 Å². The summed E-state index contributed by atoms with van der Waals surface area (Å²) in [4.78, 5) is 27.5. The SMILES string of the molecule is CCN(C)Cc1ccc(NC(=O)c2cc3ccc(OC)c(C(C)C)c3oc2=O)cc1. The van der Waals surface area contributed by atoms with E-state index in [4.69, 9.17) is 9.15 Å². The van der Waals surface area contributed by atoms with Crippen molar-refractivity contribution >= 4 is 22.6 Å². The van der Waals surface area contributed by atoms with Gasteiger partial charge in [0.15, 0.2) is 0 Å². The van der Waals surface area contributed by atoms with Crippen LogP contribution in [0.2, 0.25) is 0 Å². The van der Waals surface area contributed by atoms with Crippen LogP contribution in [0.15, 0.2) is 51.7 Å². The van der Waals surface area contributed by atoms with Crippen LogP contribution in [0, 0.1) is 0 Å². The number of ether oxygens (including phenoxy) is 1. The smallest absolute Gasteiger partial charge is 0.349 e. The highest BCUT2D eigenvalue weighted by Gasteiger charge is 2.19. The van der Waals surface area contributed by atoms with Crippen LogP contribution in [-0.2, 0) is 6.54 Å². The first-order valence-electron chi connectivity index (χ1n) is 10.1. The summed E-state index contributed by atoms with van der Waals surface area (Å²) in [6.07, 6.45) is 0. The lowest BCUT2D eigenvalue weighted by Crippen LogP contribution is -2.21. The number of carbonyl (C=O) groups is 1. The number of nitrogens with zero attached hydrogens (tertiary/aromatic N) is 1. The van der Waals surface area contributed by atoms with E-state index >= 15 is 0 Å². The van der Waals surface area contributed by atoms with E-state index in [2.05, 4.69) is 24.2 Å². The second kappa shape index (κ2) is 9.13. The zero-order valence-corrected chi connectivity index (χ0v) is 18.1. The topological polar surface area (TPSA) is 71.8 Å². The molecule has 1 aromatic heterocycles. The zero-order valence-electron chi connectivity index (χ0n) is 18.1. The van der Waals surface area contributed by atoms with Gasteiger partial charge in [0.1, 0.15) is 16.9 Å². The van der Waals surface area contributed by atoms with E-state index in [0.717, 1.165) is 24.2 Å². The van der Waals surface area contributed by atoms with Crippen molar-refractivity contribution in [3.8, 4) is 5.75 Å². The summed E-state index contributed by atoms with van der Waals surface area (Å²) in [6.45, 7) is 7.89. The second-order valence-electron chi connectivity index (χ2n) is 7.68. The first kappa shape index (κ1) is 21.6. The highest BCUT2D eigenvalue weighted by atomic mass is 16.5. The Morgan fingerprint density at radius 2 is 1.87 bits per heavy atom. The summed E-state index contributed by atoms with van der Waals surface area (Å²) < 4.78 is 11.0. The molecule has 6 nitrogen and oxygen atoms in total. The van der Waals surface area contributed by atoms with Crippen molar-refractivity contribution in [3.05, 3.63) is 69.6 Å². The van der Waals surface area contributed by atoms with Crippen LogP contribution in [0.4, 0.5) is 5.69 Å². The van der Waals surface area contributed by atoms with Gasteiger partial charge in [0.25, 0.3) is 5.91 Å². The standard InChI is InChI=1S/C24H28N2O4/c1-6-26(4)14-16-7-10-18(11-8-16)25-23(27)19-13-17-9-12-20(29-5)21(15(2)3)22(17)30-24(19)28/h7-13,15H,6,14H2,1-5H3,(H,25,27). The second-order valence-corrected chi connectivity index (χ2v) is 7.68. The van der Waals surface area contributed by atoms with Gasteiger partial charge in [-0.15, -0.1) is 0 Å². The molecule has 0 unspecified atom stereocenters. The van der Waals surface area contributed by atoms with Crippen LogP contribution >= 0.6 is 0 Å². The maximum absolute atomic E-state index is 12.7. The molecule has 1 amide bonds. The molecule has 0 radical (unpaired) electrons. The molecule has 30 heavy (non-hydrogen) atoms. The average Bonchev–Trinajstić information content (AvgIpc) is 2.73. The number of fused-ring (bicyclic) bond motifs is 1. The number of hydrogen-bond acceptors (Lipinski definition) is 5. The molecule has 158 valence electrons. The van der Waals surface area contributed by atoms with Gasteiger partial charge in [-0.2, -0.15) is 0 Å². The first-order chi connectivity index (χ1) is 14.3. The minimum Gasteiger partial charge on any atom is -0.496 e. The molecule has 1 heterocycles. The number of hydrogen-bond donors (Lipinski definition) is 1. The number of carbonyl (C=O) groups excluding carboxylic acids is 1. The predicted molar refractivity (Wildman–Crippen MR) is 120 cm³/mol. The molecule has 0 saturated heterocycles. The fraction of sp³-hybridized carbons (Fsp3) is 0.333. The lowest BCUT2D eigenvalue weighted by Gasteiger charge is -2.14. The Morgan fingerprint density at radius 1 is 1.17 bits per heavy atom. The molecular formula is C24H28N2O4. The molecule has 3 aromatic rings. The van der Waals surface area contributed by atoms with E-state index < -0.39 is 11.5 Å². The van der Waals surface area contributed by atoms with Crippen LogP contribution in [0.5, 0.6) is 5.75 Å². The third-order valence-electron chi connectivity index (χ3n) is 5.15. The van der Waals surface area contributed by atoms with Crippen molar-refractivity contribution in [1.82, 2.24) is 4.90 Å². The van der Waals surface area contributed by atoms with Gasteiger partial charge in [-0.1, -0.05) is 32.9 Å². The van der Waals surface area contributed by atoms with E-state index in [1.54, 1.807) is 19.2 Å². The molecule has 0 aliphatic rings. The molecule has 0 saturated carbocycles. The molecule has 0 aliphatic carbocycles. The monoisotopic (exact) mass is 408 g/mol. The summed E-state index contributed by atoms with van der Waals surface area (Å²) in [6, 6.07) is 12.8. The Labute approximate surface area is 176 Å². The van der Waals surface area contributed by atoms with Gasteiger partial charge in [0.05, 0.1) is 7.11 Å². The summed E-state index contributed by atoms with van der Waals surface area (Å²) in [5, 5.41) is 3.46. The Hall–Kier alpha value is -3.12. The quantitative estimate of drug-likeness (QED) is 0.577. The Bertz CT molecular complexity index is 1100. The van der Waals surface area contributed by atoms with Gasteiger partial charge in [0.2, 0.25) is 0 Å². The van der Waals surface area contributed by atoms with E-state index in [0.29, 0.717) is 22.4 Å². The Balaban J connectivity index is 1.88. The summed E-state index contributed by atoms with van der Waals surface area (Å²) in [7, 11) is 3.63. The molecule has 1 N–H and O–H groups in total. The summed E-state index contributed by atoms with van der Waals surface area (Å²) in [5.74, 6) is 0.259. The minimum absolute atomic E-state index is 0.0304. The number of anilines is 1. The molecule has 0 aliphatic heterocycles. The fourth-order valence-electron chi connectivity index (χ4n) is 3.39. The van der Waals surface area contributed by atoms with Crippen LogP contribution in [-0.4, -0.2) is 31.5 Å². The average molecular weight is 408 g/mol. The molecule has 2 aromatic carbocycles. The number of amides is 1. The van der Waals surface area contributed by atoms with Crippen LogP contribution in [0.25, 0.3) is 11.0 Å². The van der Waals surface area contributed by atoms with Gasteiger partial charge in [-0.3, -0.25) is 4.79 Å². The van der Waals surface area contributed by atoms with Gasteiger partial charge < -0.3 is 19.4 Å². The van der Waals surface area contributed by atoms with Crippen molar-refractivity contribution in [2.75, 3.05) is 26.0 Å². The lowest BCUT2D eigenvalue weighted by atomic mass is 9.98. The van der Waals surface area contributed by atoms with Gasteiger partial charge in [-0.25, -0.2) is 4.79 Å². The van der Waals surface area contributed by atoms with Gasteiger partial charge in [-0.05, 0) is 55.4 Å². The zero-order chi connectivity index (χ0) is 21.8. The largest absolute Gasteiger partial charge is 0.496 e. The number of methoxy groups -OCH3 is 1. The van der Waals surface area contributed by atoms with E-state index in [1.165, 1.54) is 0 Å². The van der Waals surface area contributed by atoms with Crippen molar-refractivity contribution in [2.45, 2.75) is 33.2 Å². The molecule has 6 heteroatoms. The summed E-state index contributed by atoms with van der Waals surface area (Å²) in [5.41, 5.74) is 2.34. The summed E-state index contributed by atoms with van der Waals surface area (Å²) >= 11 is 0. The molecule has 0 atom stereocenters. The molecular weight excluding hydrogens is 380 g/mol. The lowest BCUT2D eigenvalue weighted by molar-refractivity contribution is 0.102. The van der Waals surface area contributed by atoms with Crippen molar-refractivity contribution < 1.29 is 13.9 Å². The van der Waals surface area contributed by atoms with Crippen LogP contribution in [0.3, 0.4) is 0 Å². The van der Waals surface area contributed by atoms with E-state index in [-0.39, 0.29) is 11.5 Å². The molecule has 0 bridgehead atoms. The Kier molecular flexibility index (Phi) is 6.57. The maximum atomic E-state index is 12.7. The van der Waals surface area contributed by atoms with Crippen LogP contribution in [0.1, 0.15) is 48.2 Å². The van der Waals surface area contributed by atoms with Gasteiger partial charge in [0, 0.05) is 23.2 Å². The number of benzene rings is 2. The van der Waals surface area contributed by atoms with E-state index in [1.807, 2.05) is 44.2 Å². The third kappa shape index (κ3) is 4.54. The maximum Gasteiger partial charge on any atom is 0.349 e. The van der Waals surface area contributed by atoms with Crippen molar-refractivity contribution in [2.24, 2.45) is 0 Å². The molecule has 3 rings (SSSR count). The number of nitrogens with one attached hydrogen (secondary N) is 1. The highest BCUT2D eigenvalue weighted by Crippen LogP contribution is 2.33. The van der Waals surface area contributed by atoms with E-state index in [9.17, 15) is 9.59 Å². The number of rotatable bonds is 7. The normalized spacial score (nSPS) is 11.3. The first-order valence-corrected chi connectivity index (χ1v) is 10.1. The van der Waals surface area contributed by atoms with Crippen molar-refractivity contribution in [3.63, 3.8) is 0 Å². The molecule has 0 fully saturated rings. The predicted octanol–water partition coefficient (Wildman–Crippen LogP) is 4.63. The van der Waals surface area contributed by atoms with Crippen molar-refractivity contribution in [1.29, 1.82) is 0 Å². The molecule has 0 spiro atoms. The van der Waals surface area contributed by atoms with Gasteiger partial charge >= 0.3 is 5.63 Å². The minimum atomic E-state index is -0.670. The highest BCUT2D eigenvalue weighted by molar-refractivity contribution is 6.05.